The summed E-state index contributed by atoms with van der Waals surface area (Å²) < 4.78 is 140. The van der Waals surface area contributed by atoms with E-state index in [0.29, 0.717) is 5.56 Å². The topological polar surface area (TPSA) is 13.1 Å². The van der Waals surface area contributed by atoms with E-state index in [0.717, 1.165) is 21.5 Å². The van der Waals surface area contributed by atoms with Crippen molar-refractivity contribution >= 4 is 65.0 Å². The first-order chi connectivity index (χ1) is 26.6. The smallest absolute Gasteiger partial charge is 0.136 e. The second kappa shape index (κ2) is 8.55. The maximum absolute atomic E-state index is 9.36. The van der Waals surface area contributed by atoms with Gasteiger partial charge in [-0.15, -0.1) is 0 Å². The number of rotatable bonds is 2. The lowest BCUT2D eigenvalue weighted by atomic mass is 9.84. The van der Waals surface area contributed by atoms with E-state index in [1.807, 2.05) is 42.5 Å². The predicted molar refractivity (Wildman–Crippen MR) is 175 cm³/mol. The lowest BCUT2D eigenvalue weighted by molar-refractivity contribution is 0.669. The van der Waals surface area contributed by atoms with Crippen LogP contribution in [0.25, 0.3) is 87.3 Å². The number of para-hydroxylation sites is 1. The molecule has 1 heteroatoms. The number of hydrogen-bond donors (Lipinski definition) is 0. The maximum Gasteiger partial charge on any atom is 0.136 e. The molecule has 1 nitrogen and oxygen atoms in total. The van der Waals surface area contributed by atoms with Crippen LogP contribution in [0.1, 0.15) is 20.6 Å². The van der Waals surface area contributed by atoms with Gasteiger partial charge < -0.3 is 4.42 Å². The summed E-state index contributed by atoms with van der Waals surface area (Å²) in [4.78, 5) is 0. The molecule has 0 amide bonds. The molecular formula is C40H24O. The average Bonchev–Trinajstić information content (AvgIpc) is 3.60. The quantitative estimate of drug-likeness (QED) is 0.158. The molecule has 190 valence electrons. The van der Waals surface area contributed by atoms with Crippen molar-refractivity contribution in [2.24, 2.45) is 0 Å². The van der Waals surface area contributed by atoms with Gasteiger partial charge >= 0.3 is 0 Å². The molecule has 0 N–H and O–H groups in total. The van der Waals surface area contributed by atoms with Crippen LogP contribution in [-0.4, -0.2) is 0 Å². The van der Waals surface area contributed by atoms with Crippen LogP contribution in [0.5, 0.6) is 0 Å². The van der Waals surface area contributed by atoms with Crippen molar-refractivity contribution in [2.45, 2.75) is 0 Å². The molecule has 1 aromatic heterocycles. The van der Waals surface area contributed by atoms with Crippen molar-refractivity contribution in [1.29, 1.82) is 0 Å². The molecule has 0 bridgehead atoms. The normalized spacial score (nSPS) is 17.0. The molecule has 1 heterocycles. The Bertz CT molecular complexity index is 3230. The van der Waals surface area contributed by atoms with Gasteiger partial charge in [-0.05, 0) is 83.5 Å². The van der Waals surface area contributed by atoms with Crippen LogP contribution < -0.4 is 0 Å². The zero-order valence-electron chi connectivity index (χ0n) is 36.1. The first kappa shape index (κ1) is 12.4. The second-order valence-electron chi connectivity index (χ2n) is 9.73. The van der Waals surface area contributed by atoms with Crippen molar-refractivity contribution in [3.8, 4) is 22.3 Å². The highest BCUT2D eigenvalue weighted by atomic mass is 16.3. The molecule has 0 fully saturated rings. The minimum Gasteiger partial charge on any atom is -0.456 e. The molecule has 0 aliphatic carbocycles. The third-order valence-electron chi connectivity index (χ3n) is 7.61. The van der Waals surface area contributed by atoms with E-state index in [1.165, 1.54) is 0 Å². The predicted octanol–water partition coefficient (Wildman–Crippen LogP) is 11.5. The maximum atomic E-state index is 9.36. The zero-order chi connectivity index (χ0) is 40.0. The summed E-state index contributed by atoms with van der Waals surface area (Å²) in [6.07, 6.45) is 0. The fraction of sp³-hybridized carbons (Fsp3) is 0. The summed E-state index contributed by atoms with van der Waals surface area (Å²) in [5.74, 6) is 0. The van der Waals surface area contributed by atoms with E-state index >= 15 is 0 Å². The summed E-state index contributed by atoms with van der Waals surface area (Å²) in [6, 6.07) is 7.39. The van der Waals surface area contributed by atoms with Gasteiger partial charge in [0.25, 0.3) is 0 Å². The van der Waals surface area contributed by atoms with Gasteiger partial charge in [-0.2, -0.15) is 0 Å². The van der Waals surface area contributed by atoms with Crippen molar-refractivity contribution < 1.29 is 25.0 Å². The minimum atomic E-state index is -0.712. The van der Waals surface area contributed by atoms with Gasteiger partial charge in [-0.3, -0.25) is 0 Å². The third kappa shape index (κ3) is 3.24. The van der Waals surface area contributed by atoms with Crippen LogP contribution in [0.4, 0.5) is 0 Å². The molecule has 0 radical (unpaired) electrons. The summed E-state index contributed by atoms with van der Waals surface area (Å²) in [7, 11) is 0. The molecule has 0 saturated carbocycles. The van der Waals surface area contributed by atoms with Crippen LogP contribution in [0.15, 0.2) is 150 Å². The van der Waals surface area contributed by atoms with Crippen molar-refractivity contribution in [2.75, 3.05) is 0 Å². The van der Waals surface area contributed by atoms with E-state index in [-0.39, 0.29) is 54.6 Å². The molecule has 9 aromatic rings. The van der Waals surface area contributed by atoms with Gasteiger partial charge in [0.05, 0.1) is 20.6 Å². The molecule has 0 atom stereocenters. The van der Waals surface area contributed by atoms with Crippen LogP contribution in [0.3, 0.4) is 0 Å². The van der Waals surface area contributed by atoms with E-state index in [2.05, 4.69) is 0 Å². The first-order valence-corrected chi connectivity index (χ1v) is 12.9. The molecule has 0 aliphatic heterocycles. The summed E-state index contributed by atoms with van der Waals surface area (Å²) in [5, 5.41) is 2.23. The Kier molecular flexibility index (Phi) is 2.59. The Balaban J connectivity index is 1.61. The monoisotopic (exact) mass is 535 g/mol. The molecule has 0 saturated heterocycles. The second-order valence-corrected chi connectivity index (χ2v) is 9.73. The Hall–Kier alpha value is -5.40. The van der Waals surface area contributed by atoms with Gasteiger partial charge in [0.1, 0.15) is 11.2 Å². The molecule has 0 aliphatic rings. The lowest BCUT2D eigenvalue weighted by Crippen LogP contribution is -1.91. The van der Waals surface area contributed by atoms with Crippen LogP contribution in [0.2, 0.25) is 0 Å². The third-order valence-corrected chi connectivity index (χ3v) is 7.61. The summed E-state index contributed by atoms with van der Waals surface area (Å²) >= 11 is 0. The Morgan fingerprint density at radius 2 is 1.05 bits per heavy atom. The van der Waals surface area contributed by atoms with Crippen LogP contribution in [0, 0.1) is 0 Å². The van der Waals surface area contributed by atoms with Crippen molar-refractivity contribution in [1.82, 2.24) is 0 Å². The lowest BCUT2D eigenvalue weighted by Gasteiger charge is -2.18. The highest BCUT2D eigenvalue weighted by molar-refractivity contribution is 6.26. The fourth-order valence-corrected chi connectivity index (χ4v) is 5.88. The molecule has 0 unspecified atom stereocenters. The number of furan rings is 1. The number of hydrogen-bond acceptors (Lipinski definition) is 1. The standard InChI is InChI=1S/C40H24O/c1-2-11-28-25(10-1)20-21-26-24-27(22-23-29(26)28)38-30-12-3-5-14-32(30)39(33-15-6-4-13-31(33)38)35-17-9-19-37-40(35)34-16-7-8-18-36(34)41-37/h1-24H/i3D,4D,5D,6D,7D,8D,9D,12D,13D,14D,15D,16D,17D,18D,19D. The van der Waals surface area contributed by atoms with E-state index < -0.39 is 96.2 Å². The van der Waals surface area contributed by atoms with Crippen LogP contribution in [-0.2, 0) is 0 Å². The van der Waals surface area contributed by atoms with Gasteiger partial charge in [0, 0.05) is 10.8 Å². The van der Waals surface area contributed by atoms with Gasteiger partial charge in [0.15, 0.2) is 0 Å². The van der Waals surface area contributed by atoms with E-state index in [1.54, 1.807) is 12.1 Å². The van der Waals surface area contributed by atoms with Gasteiger partial charge in [-0.25, -0.2) is 0 Å². The summed E-state index contributed by atoms with van der Waals surface area (Å²) in [5.41, 5.74) is -1.02. The molecule has 9 rings (SSSR count). The molecular weight excluding hydrogens is 496 g/mol. The van der Waals surface area contributed by atoms with Crippen molar-refractivity contribution in [3.05, 3.63) is 145 Å². The zero-order valence-corrected chi connectivity index (χ0v) is 21.1. The number of fused-ring (bicyclic) bond motifs is 8. The first-order valence-electron chi connectivity index (χ1n) is 20.4. The molecule has 0 spiro atoms. The Morgan fingerprint density at radius 1 is 0.439 bits per heavy atom. The SMILES string of the molecule is [2H]c1c([2H])c([2H])c2c(oc3c([2H])c([2H])c([2H])c(-c4c5c([2H])c([2H])c([2H])c([2H])c5c(-c5ccc6c(ccc7ccccc76)c5)c5c([2H])c([2H])c([2H])c([2H])c45)c32)c1[2H]. The van der Waals surface area contributed by atoms with Gasteiger partial charge in [-0.1, -0.05) is 127 Å². The summed E-state index contributed by atoms with van der Waals surface area (Å²) in [6.45, 7) is 0. The fourth-order valence-electron chi connectivity index (χ4n) is 5.88. The van der Waals surface area contributed by atoms with Gasteiger partial charge in [0.2, 0.25) is 0 Å². The highest BCUT2D eigenvalue weighted by Gasteiger charge is 2.20. The average molecular weight is 536 g/mol. The number of benzene rings is 8. The van der Waals surface area contributed by atoms with Crippen molar-refractivity contribution in [3.63, 3.8) is 0 Å². The van der Waals surface area contributed by atoms with E-state index in [4.69, 9.17) is 18.1 Å². The minimum absolute atomic E-state index is 0.0674. The van der Waals surface area contributed by atoms with Crippen LogP contribution >= 0.6 is 0 Å². The highest BCUT2D eigenvalue weighted by Crippen LogP contribution is 2.47. The molecule has 8 aromatic carbocycles. The Labute approximate surface area is 258 Å². The Morgan fingerprint density at radius 3 is 1.83 bits per heavy atom. The molecule has 41 heavy (non-hydrogen) atoms. The van der Waals surface area contributed by atoms with E-state index in [9.17, 15) is 6.85 Å². The largest absolute Gasteiger partial charge is 0.456 e.